The highest BCUT2D eigenvalue weighted by molar-refractivity contribution is 5.81. The van der Waals surface area contributed by atoms with Gasteiger partial charge in [-0.1, -0.05) is 6.58 Å². The van der Waals surface area contributed by atoms with Crippen molar-refractivity contribution >= 4 is 5.97 Å². The van der Waals surface area contributed by atoms with E-state index in [9.17, 15) is 4.79 Å². The van der Waals surface area contributed by atoms with Crippen molar-refractivity contribution in [1.82, 2.24) is 0 Å². The zero-order chi connectivity index (χ0) is 9.40. The largest absolute Gasteiger partial charge is 0.463 e. The molecule has 1 saturated heterocycles. The average Bonchev–Trinajstić information content (AvgIpc) is 2.88. The molecule has 12 heavy (non-hydrogen) atoms. The van der Waals surface area contributed by atoms with Crippen LogP contribution in [0.2, 0.25) is 0 Å². The van der Waals surface area contributed by atoms with Crippen LogP contribution in [0.1, 0.15) is 6.92 Å². The lowest BCUT2D eigenvalue weighted by molar-refractivity contribution is -0.137. The average molecular weight is 174 g/mol. The molecule has 0 spiro atoms. The summed E-state index contributed by atoms with van der Waals surface area (Å²) in [5.41, 5.74) is 0. The molecule has 4 heteroatoms. The highest BCUT2D eigenvalue weighted by atomic mass is 16.6. The first-order valence-electron chi connectivity index (χ1n) is 3.76. The first-order chi connectivity index (χ1) is 5.74. The third-order valence-corrected chi connectivity index (χ3v) is 1.06. The molecule has 0 aromatic heterocycles. The summed E-state index contributed by atoms with van der Waals surface area (Å²) in [5, 5.41) is 8.08. The predicted molar refractivity (Wildman–Crippen MR) is 43.7 cm³/mol. The summed E-state index contributed by atoms with van der Waals surface area (Å²) in [5.74, 6) is -0.359. The van der Waals surface area contributed by atoms with Gasteiger partial charge in [-0.3, -0.25) is 0 Å². The lowest BCUT2D eigenvalue weighted by Gasteiger charge is -1.90. The Morgan fingerprint density at radius 3 is 2.58 bits per heavy atom. The Morgan fingerprint density at radius 2 is 2.50 bits per heavy atom. The van der Waals surface area contributed by atoms with Gasteiger partial charge in [0.05, 0.1) is 19.8 Å². The number of ether oxygens (including phenoxy) is 2. The van der Waals surface area contributed by atoms with Crippen molar-refractivity contribution in [3.8, 4) is 0 Å². The quantitative estimate of drug-likeness (QED) is 0.375. The van der Waals surface area contributed by atoms with Gasteiger partial charge in [-0.15, -0.1) is 0 Å². The lowest BCUT2D eigenvalue weighted by Crippen LogP contribution is -1.97. The zero-order valence-corrected chi connectivity index (χ0v) is 7.16. The molecule has 1 heterocycles. The predicted octanol–water partition coefficient (Wildman–Crippen LogP) is 0.113. The van der Waals surface area contributed by atoms with E-state index in [2.05, 4.69) is 16.1 Å². The van der Waals surface area contributed by atoms with Gasteiger partial charge < -0.3 is 14.6 Å². The first-order valence-corrected chi connectivity index (χ1v) is 3.76. The Balaban J connectivity index is 0.000000211. The van der Waals surface area contributed by atoms with E-state index in [0.717, 1.165) is 12.7 Å². The van der Waals surface area contributed by atoms with Gasteiger partial charge in [-0.25, -0.2) is 4.79 Å². The fraction of sp³-hybridized carbons (Fsp3) is 0.625. The molecule has 1 unspecified atom stereocenters. The van der Waals surface area contributed by atoms with E-state index in [4.69, 9.17) is 5.11 Å². The second kappa shape index (κ2) is 6.82. The molecule has 1 aliphatic rings. The number of aliphatic hydroxyl groups excluding tert-OH is 1. The number of rotatable bonds is 3. The molecule has 1 aliphatic heterocycles. The smallest absolute Gasteiger partial charge is 0.330 e. The Labute approximate surface area is 71.8 Å². The Bertz CT molecular complexity index is 140. The summed E-state index contributed by atoms with van der Waals surface area (Å²) in [6.45, 7) is 6.33. The maximum absolute atomic E-state index is 10.1. The van der Waals surface area contributed by atoms with Crippen LogP contribution in [-0.4, -0.2) is 37.0 Å². The Hall–Kier alpha value is -0.870. The van der Waals surface area contributed by atoms with Crippen molar-refractivity contribution in [3.05, 3.63) is 12.7 Å². The van der Waals surface area contributed by atoms with Crippen LogP contribution in [0, 0.1) is 0 Å². The van der Waals surface area contributed by atoms with Crippen molar-refractivity contribution < 1.29 is 19.4 Å². The molecule has 1 rings (SSSR count). The molecule has 0 aromatic rings. The summed E-state index contributed by atoms with van der Waals surface area (Å²) in [6, 6.07) is 0. The molecular formula is C8H14O4. The highest BCUT2D eigenvalue weighted by Crippen LogP contribution is 2.04. The van der Waals surface area contributed by atoms with Crippen molar-refractivity contribution in [2.75, 3.05) is 19.8 Å². The maximum Gasteiger partial charge on any atom is 0.330 e. The summed E-state index contributed by atoms with van der Waals surface area (Å²) in [4.78, 5) is 10.1. The molecule has 70 valence electrons. The van der Waals surface area contributed by atoms with Gasteiger partial charge in [0.1, 0.15) is 6.10 Å². The van der Waals surface area contributed by atoms with E-state index in [1.54, 1.807) is 6.92 Å². The molecule has 1 N–H and O–H groups in total. The standard InChI is InChI=1S/C5H8O2.C3H6O2/c1-3-5(6)7-4-2;4-1-3-2-5-3/h3H,1,4H2,2H3;3-4H,1-2H2. The second-order valence-electron chi connectivity index (χ2n) is 2.09. The number of epoxide rings is 1. The fourth-order valence-corrected chi connectivity index (χ4v) is 0.375. The van der Waals surface area contributed by atoms with E-state index in [1.165, 1.54) is 0 Å². The van der Waals surface area contributed by atoms with E-state index in [-0.39, 0.29) is 18.7 Å². The monoisotopic (exact) mass is 174 g/mol. The number of carbonyl (C=O) groups excluding carboxylic acids is 1. The van der Waals surface area contributed by atoms with Crippen molar-refractivity contribution in [2.45, 2.75) is 13.0 Å². The maximum atomic E-state index is 10.1. The van der Waals surface area contributed by atoms with Crippen molar-refractivity contribution in [2.24, 2.45) is 0 Å². The summed E-state index contributed by atoms with van der Waals surface area (Å²) < 4.78 is 9.04. The van der Waals surface area contributed by atoms with Crippen LogP contribution in [0.4, 0.5) is 0 Å². The van der Waals surface area contributed by atoms with Crippen LogP contribution in [0.15, 0.2) is 12.7 Å². The van der Waals surface area contributed by atoms with Gasteiger partial charge >= 0.3 is 5.97 Å². The third-order valence-electron chi connectivity index (χ3n) is 1.06. The minimum atomic E-state index is -0.359. The number of carbonyl (C=O) groups is 1. The Kier molecular flexibility index (Phi) is 6.32. The summed E-state index contributed by atoms with van der Waals surface area (Å²) in [7, 11) is 0. The molecule has 0 amide bonds. The molecule has 1 atom stereocenters. The van der Waals surface area contributed by atoms with E-state index < -0.39 is 0 Å². The normalized spacial score (nSPS) is 18.7. The van der Waals surface area contributed by atoms with Crippen LogP contribution in [0.25, 0.3) is 0 Å². The lowest BCUT2D eigenvalue weighted by atomic mass is 10.5. The van der Waals surface area contributed by atoms with E-state index in [1.807, 2.05) is 0 Å². The minimum absolute atomic E-state index is 0.190. The van der Waals surface area contributed by atoms with Gasteiger partial charge in [-0.2, -0.15) is 0 Å². The van der Waals surface area contributed by atoms with Gasteiger partial charge in [0.15, 0.2) is 0 Å². The SMILES string of the molecule is C=CC(=O)OCC.OCC1CO1. The molecule has 0 aromatic carbocycles. The molecule has 0 radical (unpaired) electrons. The highest BCUT2D eigenvalue weighted by Gasteiger charge is 2.19. The molecule has 0 saturated carbocycles. The molecule has 0 bridgehead atoms. The zero-order valence-electron chi connectivity index (χ0n) is 7.16. The summed E-state index contributed by atoms with van der Waals surface area (Å²) in [6.07, 6.45) is 1.33. The number of hydrogen-bond donors (Lipinski definition) is 1. The van der Waals surface area contributed by atoms with Crippen LogP contribution in [-0.2, 0) is 14.3 Å². The molecule has 0 aliphatic carbocycles. The van der Waals surface area contributed by atoms with Crippen LogP contribution >= 0.6 is 0 Å². The van der Waals surface area contributed by atoms with Crippen LogP contribution < -0.4 is 0 Å². The van der Waals surface area contributed by atoms with Gasteiger partial charge in [-0.05, 0) is 6.92 Å². The summed E-state index contributed by atoms with van der Waals surface area (Å²) >= 11 is 0. The second-order valence-corrected chi connectivity index (χ2v) is 2.09. The van der Waals surface area contributed by atoms with Gasteiger partial charge in [0.25, 0.3) is 0 Å². The van der Waals surface area contributed by atoms with Crippen molar-refractivity contribution in [3.63, 3.8) is 0 Å². The molecular weight excluding hydrogens is 160 g/mol. The van der Waals surface area contributed by atoms with Crippen LogP contribution in [0.5, 0.6) is 0 Å². The first kappa shape index (κ1) is 11.1. The number of esters is 1. The fourth-order valence-electron chi connectivity index (χ4n) is 0.375. The van der Waals surface area contributed by atoms with Crippen molar-refractivity contribution in [1.29, 1.82) is 0 Å². The third kappa shape index (κ3) is 7.24. The van der Waals surface area contributed by atoms with Crippen LogP contribution in [0.3, 0.4) is 0 Å². The van der Waals surface area contributed by atoms with E-state index in [0.29, 0.717) is 6.61 Å². The number of hydrogen-bond acceptors (Lipinski definition) is 4. The number of aliphatic hydroxyl groups is 1. The minimum Gasteiger partial charge on any atom is -0.463 e. The van der Waals surface area contributed by atoms with Gasteiger partial charge in [0, 0.05) is 6.08 Å². The van der Waals surface area contributed by atoms with E-state index >= 15 is 0 Å². The molecule has 4 nitrogen and oxygen atoms in total. The topological polar surface area (TPSA) is 59.1 Å². The Morgan fingerprint density at radius 1 is 1.92 bits per heavy atom. The van der Waals surface area contributed by atoms with Gasteiger partial charge in [0.2, 0.25) is 0 Å². The molecule has 1 fully saturated rings.